The smallest absolute Gasteiger partial charge is 0.0431 e. The average Bonchev–Trinajstić information content (AvgIpc) is 2.21. The van der Waals surface area contributed by atoms with Crippen LogP contribution in [0, 0.1) is 0 Å². The highest BCUT2D eigenvalue weighted by atomic mass is 16.2. The van der Waals surface area contributed by atoms with E-state index in [0.29, 0.717) is 6.61 Å². The minimum atomic E-state index is 0.321. The number of aliphatic hydroxyl groups is 1. The Morgan fingerprint density at radius 2 is 1.57 bits per heavy atom. The van der Waals surface area contributed by atoms with Gasteiger partial charge in [0.2, 0.25) is 0 Å². The summed E-state index contributed by atoms with van der Waals surface area (Å²) in [4.78, 5) is 0. The van der Waals surface area contributed by atoms with Crippen molar-refractivity contribution in [3.8, 4) is 0 Å². The minimum absolute atomic E-state index is 0.321. The first-order valence-corrected chi connectivity index (χ1v) is 5.28. The quantitative estimate of drug-likeness (QED) is 0.538. The van der Waals surface area contributed by atoms with Gasteiger partial charge >= 0.3 is 0 Å². The van der Waals surface area contributed by atoms with Crippen molar-refractivity contribution in [2.45, 2.75) is 32.1 Å². The molecule has 0 radical (unpaired) electrons. The monoisotopic (exact) mass is 193 g/mol. The molecule has 0 saturated carbocycles. The third kappa shape index (κ3) is 4.28. The SMILES string of the molecule is Nc1ccc(CCCCCCO)cc1. The fourth-order valence-corrected chi connectivity index (χ4v) is 1.48. The lowest BCUT2D eigenvalue weighted by Gasteiger charge is -2.01. The van der Waals surface area contributed by atoms with E-state index in [2.05, 4.69) is 12.1 Å². The Morgan fingerprint density at radius 3 is 2.21 bits per heavy atom. The molecule has 0 aromatic heterocycles. The van der Waals surface area contributed by atoms with Crippen molar-refractivity contribution in [2.24, 2.45) is 0 Å². The maximum atomic E-state index is 8.60. The maximum absolute atomic E-state index is 8.60. The van der Waals surface area contributed by atoms with E-state index < -0.39 is 0 Å². The fraction of sp³-hybridized carbons (Fsp3) is 0.500. The zero-order valence-corrected chi connectivity index (χ0v) is 8.58. The number of hydrogen-bond donors (Lipinski definition) is 2. The van der Waals surface area contributed by atoms with Crippen LogP contribution in [0.2, 0.25) is 0 Å². The highest BCUT2D eigenvalue weighted by molar-refractivity contribution is 5.39. The lowest BCUT2D eigenvalue weighted by Crippen LogP contribution is -1.89. The fourth-order valence-electron chi connectivity index (χ4n) is 1.48. The predicted octanol–water partition coefficient (Wildman–Crippen LogP) is 2.36. The number of aryl methyl sites for hydroxylation is 1. The van der Waals surface area contributed by atoms with Crippen LogP contribution in [0.3, 0.4) is 0 Å². The molecule has 0 amide bonds. The summed E-state index contributed by atoms with van der Waals surface area (Å²) in [5, 5.41) is 8.60. The first kappa shape index (κ1) is 11.1. The van der Waals surface area contributed by atoms with Crippen LogP contribution in [0.1, 0.15) is 31.2 Å². The predicted molar refractivity (Wildman–Crippen MR) is 60.1 cm³/mol. The molecule has 0 aliphatic heterocycles. The van der Waals surface area contributed by atoms with Gasteiger partial charge in [-0.1, -0.05) is 25.0 Å². The Labute approximate surface area is 85.8 Å². The highest BCUT2D eigenvalue weighted by Crippen LogP contribution is 2.10. The van der Waals surface area contributed by atoms with Crippen LogP contribution in [0.4, 0.5) is 5.69 Å². The van der Waals surface area contributed by atoms with Gasteiger partial charge in [0.25, 0.3) is 0 Å². The van der Waals surface area contributed by atoms with E-state index in [1.165, 1.54) is 18.4 Å². The van der Waals surface area contributed by atoms with E-state index in [1.807, 2.05) is 12.1 Å². The molecule has 0 aliphatic carbocycles. The van der Waals surface area contributed by atoms with Gasteiger partial charge in [-0.3, -0.25) is 0 Å². The second-order valence-electron chi connectivity index (χ2n) is 3.63. The zero-order chi connectivity index (χ0) is 10.2. The van der Waals surface area contributed by atoms with Crippen LogP contribution >= 0.6 is 0 Å². The molecule has 0 unspecified atom stereocenters. The molecule has 0 atom stereocenters. The Hall–Kier alpha value is -1.02. The third-order valence-electron chi connectivity index (χ3n) is 2.35. The minimum Gasteiger partial charge on any atom is -0.399 e. The molecule has 0 bridgehead atoms. The molecule has 2 heteroatoms. The van der Waals surface area contributed by atoms with Gasteiger partial charge in [0, 0.05) is 12.3 Å². The summed E-state index contributed by atoms with van der Waals surface area (Å²) in [7, 11) is 0. The third-order valence-corrected chi connectivity index (χ3v) is 2.35. The first-order valence-electron chi connectivity index (χ1n) is 5.28. The Morgan fingerprint density at radius 1 is 0.929 bits per heavy atom. The van der Waals surface area contributed by atoms with Gasteiger partial charge in [0.15, 0.2) is 0 Å². The molecule has 2 nitrogen and oxygen atoms in total. The second-order valence-corrected chi connectivity index (χ2v) is 3.63. The number of aliphatic hydroxyl groups excluding tert-OH is 1. The van der Waals surface area contributed by atoms with Gasteiger partial charge in [-0.25, -0.2) is 0 Å². The summed E-state index contributed by atoms with van der Waals surface area (Å²) >= 11 is 0. The molecule has 0 spiro atoms. The molecule has 1 aromatic rings. The Bertz CT molecular complexity index is 243. The van der Waals surface area contributed by atoms with Crippen molar-refractivity contribution in [3.05, 3.63) is 29.8 Å². The standard InChI is InChI=1S/C12H19NO/c13-12-8-6-11(7-9-12)5-3-1-2-4-10-14/h6-9,14H,1-5,10,13H2. The van der Waals surface area contributed by atoms with Crippen molar-refractivity contribution < 1.29 is 5.11 Å². The highest BCUT2D eigenvalue weighted by Gasteiger charge is 1.93. The molecule has 0 saturated heterocycles. The summed E-state index contributed by atoms with van der Waals surface area (Å²) in [5.74, 6) is 0. The van der Waals surface area contributed by atoms with E-state index in [0.717, 1.165) is 24.9 Å². The van der Waals surface area contributed by atoms with E-state index in [1.54, 1.807) is 0 Å². The Balaban J connectivity index is 2.15. The molecular weight excluding hydrogens is 174 g/mol. The number of nitrogen functional groups attached to an aromatic ring is 1. The summed E-state index contributed by atoms with van der Waals surface area (Å²) in [6.45, 7) is 0.321. The van der Waals surface area contributed by atoms with Crippen LogP contribution in [-0.4, -0.2) is 11.7 Å². The summed E-state index contributed by atoms with van der Waals surface area (Å²) in [5.41, 5.74) is 7.77. The molecular formula is C12H19NO. The lowest BCUT2D eigenvalue weighted by molar-refractivity contribution is 0.282. The van der Waals surface area contributed by atoms with Crippen LogP contribution in [-0.2, 0) is 6.42 Å². The van der Waals surface area contributed by atoms with E-state index in [9.17, 15) is 0 Å². The summed E-state index contributed by atoms with van der Waals surface area (Å²) in [6.07, 6.45) is 5.58. The van der Waals surface area contributed by atoms with Gasteiger partial charge in [-0.15, -0.1) is 0 Å². The normalized spacial score (nSPS) is 10.4. The number of nitrogens with two attached hydrogens (primary N) is 1. The molecule has 0 heterocycles. The number of anilines is 1. The molecule has 14 heavy (non-hydrogen) atoms. The first-order chi connectivity index (χ1) is 6.83. The average molecular weight is 193 g/mol. The van der Waals surface area contributed by atoms with Gasteiger partial charge in [-0.05, 0) is 37.0 Å². The van der Waals surface area contributed by atoms with Gasteiger partial charge in [0.1, 0.15) is 0 Å². The van der Waals surface area contributed by atoms with Crippen LogP contribution < -0.4 is 5.73 Å². The summed E-state index contributed by atoms with van der Waals surface area (Å²) in [6, 6.07) is 8.06. The van der Waals surface area contributed by atoms with E-state index >= 15 is 0 Å². The molecule has 1 aromatic carbocycles. The van der Waals surface area contributed by atoms with Gasteiger partial charge < -0.3 is 10.8 Å². The number of hydrogen-bond acceptors (Lipinski definition) is 2. The largest absolute Gasteiger partial charge is 0.399 e. The van der Waals surface area contributed by atoms with E-state index in [4.69, 9.17) is 10.8 Å². The van der Waals surface area contributed by atoms with Gasteiger partial charge in [-0.2, -0.15) is 0 Å². The van der Waals surface area contributed by atoms with Crippen LogP contribution in [0.25, 0.3) is 0 Å². The number of benzene rings is 1. The van der Waals surface area contributed by atoms with Crippen molar-refractivity contribution in [1.82, 2.24) is 0 Å². The molecule has 3 N–H and O–H groups in total. The molecule has 0 fully saturated rings. The zero-order valence-electron chi connectivity index (χ0n) is 8.58. The van der Waals surface area contributed by atoms with Crippen molar-refractivity contribution >= 4 is 5.69 Å². The van der Waals surface area contributed by atoms with E-state index in [-0.39, 0.29) is 0 Å². The maximum Gasteiger partial charge on any atom is 0.0431 e. The van der Waals surface area contributed by atoms with Gasteiger partial charge in [0.05, 0.1) is 0 Å². The topological polar surface area (TPSA) is 46.2 Å². The number of rotatable bonds is 6. The number of unbranched alkanes of at least 4 members (excludes halogenated alkanes) is 3. The Kier molecular flexibility index (Phi) is 5.08. The molecule has 78 valence electrons. The van der Waals surface area contributed by atoms with Crippen molar-refractivity contribution in [3.63, 3.8) is 0 Å². The second kappa shape index (κ2) is 6.44. The molecule has 1 rings (SSSR count). The van der Waals surface area contributed by atoms with Crippen molar-refractivity contribution in [2.75, 3.05) is 12.3 Å². The molecule has 0 aliphatic rings. The van der Waals surface area contributed by atoms with Crippen LogP contribution in [0.5, 0.6) is 0 Å². The lowest BCUT2D eigenvalue weighted by atomic mass is 10.1. The van der Waals surface area contributed by atoms with Crippen molar-refractivity contribution in [1.29, 1.82) is 0 Å². The van der Waals surface area contributed by atoms with Crippen LogP contribution in [0.15, 0.2) is 24.3 Å². The summed E-state index contributed by atoms with van der Waals surface area (Å²) < 4.78 is 0.